The van der Waals surface area contributed by atoms with Crippen molar-refractivity contribution in [1.82, 2.24) is 14.3 Å². The second-order valence-electron chi connectivity index (χ2n) is 5.39. The van der Waals surface area contributed by atoms with Gasteiger partial charge in [0.1, 0.15) is 0 Å². The third kappa shape index (κ3) is 2.35. The molecular formula is C13H20N4OS. The molecule has 0 aliphatic carbocycles. The Bertz CT molecular complexity index is 564. The summed E-state index contributed by atoms with van der Waals surface area (Å²) in [5.74, 6) is 1.62. The maximum absolute atomic E-state index is 9.58. The molecule has 5 nitrogen and oxygen atoms in total. The molecule has 2 aromatic heterocycles. The van der Waals surface area contributed by atoms with E-state index < -0.39 is 0 Å². The molecule has 0 spiro atoms. The van der Waals surface area contributed by atoms with Crippen molar-refractivity contribution in [3.05, 3.63) is 17.3 Å². The monoisotopic (exact) mass is 280 g/mol. The van der Waals surface area contributed by atoms with E-state index in [4.69, 9.17) is 0 Å². The van der Waals surface area contributed by atoms with Crippen LogP contribution in [0.15, 0.2) is 11.6 Å². The minimum atomic E-state index is 0.0299. The molecule has 1 N–H and O–H groups in total. The van der Waals surface area contributed by atoms with Gasteiger partial charge in [-0.25, -0.2) is 4.98 Å². The van der Waals surface area contributed by atoms with E-state index in [1.165, 1.54) is 13.0 Å². The molecule has 0 saturated carbocycles. The number of nitrogens with zero attached hydrogens (tertiary/aromatic N) is 4. The molecule has 3 rings (SSSR count). The fourth-order valence-electron chi connectivity index (χ4n) is 2.92. The second kappa shape index (κ2) is 5.11. The van der Waals surface area contributed by atoms with Gasteiger partial charge in [0.25, 0.3) is 0 Å². The first-order valence-corrected chi connectivity index (χ1v) is 7.52. The second-order valence-corrected chi connectivity index (χ2v) is 6.27. The number of aliphatic hydroxyl groups is 1. The Morgan fingerprint density at radius 3 is 3.11 bits per heavy atom. The smallest absolute Gasteiger partial charge is 0.195 e. The number of fused-ring (bicyclic) bond motifs is 1. The van der Waals surface area contributed by atoms with Gasteiger partial charge in [0, 0.05) is 31.7 Å². The summed E-state index contributed by atoms with van der Waals surface area (Å²) in [7, 11) is 4.25. The number of anilines is 1. The van der Waals surface area contributed by atoms with Crippen molar-refractivity contribution in [3.8, 4) is 0 Å². The van der Waals surface area contributed by atoms with E-state index in [-0.39, 0.29) is 6.61 Å². The van der Waals surface area contributed by atoms with Crippen molar-refractivity contribution in [1.29, 1.82) is 0 Å². The van der Waals surface area contributed by atoms with Crippen LogP contribution in [-0.2, 0) is 6.61 Å². The van der Waals surface area contributed by atoms with E-state index in [1.807, 2.05) is 16.0 Å². The van der Waals surface area contributed by atoms with Crippen LogP contribution in [0.25, 0.3) is 4.96 Å². The Morgan fingerprint density at radius 2 is 2.42 bits per heavy atom. The van der Waals surface area contributed by atoms with Crippen LogP contribution in [0.1, 0.15) is 12.1 Å². The first-order chi connectivity index (χ1) is 9.19. The van der Waals surface area contributed by atoms with Crippen LogP contribution < -0.4 is 4.90 Å². The minimum absolute atomic E-state index is 0.0299. The molecule has 19 heavy (non-hydrogen) atoms. The van der Waals surface area contributed by atoms with Crippen LogP contribution in [0.4, 0.5) is 5.82 Å². The van der Waals surface area contributed by atoms with Gasteiger partial charge >= 0.3 is 0 Å². The molecule has 1 aliphatic heterocycles. The van der Waals surface area contributed by atoms with Gasteiger partial charge in [-0.3, -0.25) is 4.40 Å². The lowest BCUT2D eigenvalue weighted by molar-refractivity contribution is 0.276. The lowest BCUT2D eigenvalue weighted by Crippen LogP contribution is -2.28. The Balaban J connectivity index is 1.80. The van der Waals surface area contributed by atoms with Crippen molar-refractivity contribution in [2.75, 3.05) is 38.6 Å². The molecule has 0 aromatic carbocycles. The minimum Gasteiger partial charge on any atom is -0.390 e. The molecule has 2 aromatic rings. The van der Waals surface area contributed by atoms with Crippen molar-refractivity contribution in [2.45, 2.75) is 13.0 Å². The summed E-state index contributed by atoms with van der Waals surface area (Å²) in [4.78, 5) is 10.2. The summed E-state index contributed by atoms with van der Waals surface area (Å²) in [6.45, 7) is 3.37. The highest BCUT2D eigenvalue weighted by Crippen LogP contribution is 2.25. The maximum atomic E-state index is 9.58. The molecule has 3 heterocycles. The van der Waals surface area contributed by atoms with Crippen molar-refractivity contribution in [3.63, 3.8) is 0 Å². The molecule has 1 unspecified atom stereocenters. The molecule has 0 radical (unpaired) electrons. The molecule has 6 heteroatoms. The van der Waals surface area contributed by atoms with E-state index in [1.54, 1.807) is 11.3 Å². The van der Waals surface area contributed by atoms with Crippen LogP contribution >= 0.6 is 11.3 Å². The lowest BCUT2D eigenvalue weighted by Gasteiger charge is -2.22. The predicted octanol–water partition coefficient (Wildman–Crippen LogP) is 1.28. The molecule has 0 amide bonds. The highest BCUT2D eigenvalue weighted by Gasteiger charge is 2.23. The van der Waals surface area contributed by atoms with Gasteiger partial charge in [0.15, 0.2) is 10.8 Å². The molecule has 1 atom stereocenters. The number of aromatic nitrogens is 2. The number of thiazole rings is 1. The number of rotatable bonds is 4. The van der Waals surface area contributed by atoms with Gasteiger partial charge in [-0.15, -0.1) is 11.3 Å². The Hall–Kier alpha value is -1.11. The fourth-order valence-corrected chi connectivity index (χ4v) is 3.65. The van der Waals surface area contributed by atoms with Crippen molar-refractivity contribution >= 4 is 22.1 Å². The number of hydrogen-bond donors (Lipinski definition) is 1. The zero-order valence-corrected chi connectivity index (χ0v) is 12.2. The van der Waals surface area contributed by atoms with Crippen molar-refractivity contribution in [2.24, 2.45) is 5.92 Å². The standard InChI is InChI=1S/C13H20N4OS/c1-15-4-3-10(7-15)8-16(2)12-11(9-18)17-5-6-19-13(17)14-12/h5-6,10,18H,3-4,7-9H2,1-2H3. The van der Waals surface area contributed by atoms with Gasteiger partial charge in [-0.05, 0) is 25.9 Å². The topological polar surface area (TPSA) is 44.0 Å². The fraction of sp³-hybridized carbons (Fsp3) is 0.615. The summed E-state index contributed by atoms with van der Waals surface area (Å²) in [6, 6.07) is 0. The van der Waals surface area contributed by atoms with Crippen molar-refractivity contribution < 1.29 is 5.11 Å². The van der Waals surface area contributed by atoms with Crippen LogP contribution in [0.5, 0.6) is 0 Å². The molecular weight excluding hydrogens is 260 g/mol. The Labute approximate surface area is 117 Å². The molecule has 1 saturated heterocycles. The summed E-state index contributed by atoms with van der Waals surface area (Å²) in [5.41, 5.74) is 0.894. The summed E-state index contributed by atoms with van der Waals surface area (Å²) < 4.78 is 1.98. The first-order valence-electron chi connectivity index (χ1n) is 6.64. The first kappa shape index (κ1) is 12.9. The number of aliphatic hydroxyl groups excluding tert-OH is 1. The average Bonchev–Trinajstić information content (AvgIpc) is 3.03. The summed E-state index contributed by atoms with van der Waals surface area (Å²) in [6.07, 6.45) is 3.22. The van der Waals surface area contributed by atoms with E-state index >= 15 is 0 Å². The predicted molar refractivity (Wildman–Crippen MR) is 77.9 cm³/mol. The Kier molecular flexibility index (Phi) is 3.47. The largest absolute Gasteiger partial charge is 0.390 e. The third-order valence-corrected chi connectivity index (χ3v) is 4.63. The lowest BCUT2D eigenvalue weighted by atomic mass is 10.1. The number of likely N-dealkylation sites (tertiary alicyclic amines) is 1. The molecule has 0 bridgehead atoms. The molecule has 104 valence electrons. The zero-order valence-electron chi connectivity index (χ0n) is 11.4. The van der Waals surface area contributed by atoms with Crippen LogP contribution in [0.3, 0.4) is 0 Å². The van der Waals surface area contributed by atoms with Crippen LogP contribution in [0, 0.1) is 5.92 Å². The third-order valence-electron chi connectivity index (χ3n) is 3.87. The highest BCUT2D eigenvalue weighted by molar-refractivity contribution is 7.15. The average molecular weight is 280 g/mol. The number of hydrogen-bond acceptors (Lipinski definition) is 5. The van der Waals surface area contributed by atoms with E-state index in [2.05, 4.69) is 28.9 Å². The highest BCUT2D eigenvalue weighted by atomic mass is 32.1. The van der Waals surface area contributed by atoms with Gasteiger partial charge in [0.05, 0.1) is 12.3 Å². The molecule has 1 aliphatic rings. The van der Waals surface area contributed by atoms with Gasteiger partial charge in [-0.1, -0.05) is 0 Å². The Morgan fingerprint density at radius 1 is 1.58 bits per heavy atom. The van der Waals surface area contributed by atoms with Crippen LogP contribution in [0.2, 0.25) is 0 Å². The zero-order chi connectivity index (χ0) is 13.4. The van der Waals surface area contributed by atoms with Crippen LogP contribution in [-0.4, -0.2) is 53.1 Å². The van der Waals surface area contributed by atoms with Gasteiger partial charge in [0.2, 0.25) is 0 Å². The quantitative estimate of drug-likeness (QED) is 0.916. The SMILES string of the molecule is CN1CCC(CN(C)c2nc3sccn3c2CO)C1. The van der Waals surface area contributed by atoms with Gasteiger partial charge in [-0.2, -0.15) is 0 Å². The van der Waals surface area contributed by atoms with E-state index in [0.717, 1.165) is 29.6 Å². The number of imidazole rings is 1. The summed E-state index contributed by atoms with van der Waals surface area (Å²) in [5, 5.41) is 11.6. The normalized spacial score (nSPS) is 20.5. The van der Waals surface area contributed by atoms with Gasteiger partial charge < -0.3 is 14.9 Å². The van der Waals surface area contributed by atoms with E-state index in [0.29, 0.717) is 5.92 Å². The van der Waals surface area contributed by atoms with E-state index in [9.17, 15) is 5.11 Å². The summed E-state index contributed by atoms with van der Waals surface area (Å²) >= 11 is 1.60. The maximum Gasteiger partial charge on any atom is 0.195 e. The molecule has 1 fully saturated rings.